The zero-order valence-corrected chi connectivity index (χ0v) is 43.3. The van der Waals surface area contributed by atoms with Crippen LogP contribution < -0.4 is 4.72 Å². The van der Waals surface area contributed by atoms with Crippen LogP contribution in [-0.4, -0.2) is 74.8 Å². The van der Waals surface area contributed by atoms with Gasteiger partial charge in [-0.15, -0.1) is 0 Å². The molecule has 67 heavy (non-hydrogen) atoms. The number of sulfonamides is 1. The second-order valence-electron chi connectivity index (χ2n) is 13.7. The van der Waals surface area contributed by atoms with Gasteiger partial charge >= 0.3 is 0 Å². The molecule has 0 saturated carbocycles. The largest absolute Gasteiger partial charge is 0.298 e. The van der Waals surface area contributed by atoms with Gasteiger partial charge in [0, 0.05) is 50.3 Å². The molecule has 0 radical (unpaired) electrons. The first-order valence-corrected chi connectivity index (χ1v) is 27.2. The lowest BCUT2D eigenvalue weighted by molar-refractivity contribution is -0.160. The van der Waals surface area contributed by atoms with E-state index in [0.29, 0.717) is 26.1 Å². The Kier molecular flexibility index (Phi) is 22.3. The number of hydrogen-bond donors (Lipinski definition) is 1. The second-order valence-corrected chi connectivity index (χ2v) is 22.6. The predicted octanol–water partition coefficient (Wildman–Crippen LogP) is 9.68. The molecule has 0 saturated heterocycles. The minimum atomic E-state index is -3.86. The molecular formula is C44H44Cl2N2O13S6. The van der Waals surface area contributed by atoms with Crippen LogP contribution in [0.25, 0.3) is 26.0 Å². The highest BCUT2D eigenvalue weighted by molar-refractivity contribution is 8.00. The third-order valence-corrected chi connectivity index (χ3v) is 15.5. The molecule has 1 aliphatic rings. The van der Waals surface area contributed by atoms with E-state index >= 15 is 0 Å². The number of allylic oxidation sites excluding steroid dienone is 3. The molecule has 0 fully saturated rings. The minimum absolute atomic E-state index is 0.0872. The van der Waals surface area contributed by atoms with Gasteiger partial charge in [-0.1, -0.05) is 71.7 Å². The monoisotopic (exact) mass is 1070 g/mol. The van der Waals surface area contributed by atoms with Crippen molar-refractivity contribution < 1.29 is 58.1 Å². The molecule has 0 atom stereocenters. The smallest absolute Gasteiger partial charge is 0.265 e. The fourth-order valence-corrected chi connectivity index (χ4v) is 9.89. The van der Waals surface area contributed by atoms with Crippen molar-refractivity contribution >= 4 is 123 Å². The van der Waals surface area contributed by atoms with E-state index in [2.05, 4.69) is 14.1 Å². The number of benzene rings is 4. The van der Waals surface area contributed by atoms with Gasteiger partial charge in [0.05, 0.1) is 58.0 Å². The lowest BCUT2D eigenvalue weighted by Crippen LogP contribution is -2.22. The molecule has 2 heterocycles. The number of carbonyl (C=O) groups is 3. The number of nitrogens with one attached hydrogen (secondary N) is 1. The highest BCUT2D eigenvalue weighted by atomic mass is 35.5. The van der Waals surface area contributed by atoms with E-state index in [1.807, 2.05) is 66.4 Å². The van der Waals surface area contributed by atoms with E-state index in [1.54, 1.807) is 38.1 Å². The fraction of sp³-hybridized carbons (Fsp3) is 0.182. The summed E-state index contributed by atoms with van der Waals surface area (Å²) in [4.78, 5) is 44.8. The Morgan fingerprint density at radius 2 is 1.15 bits per heavy atom. The molecule has 1 aromatic heterocycles. The van der Waals surface area contributed by atoms with Gasteiger partial charge in [-0.3, -0.25) is 14.4 Å². The molecule has 1 N–H and O–H groups in total. The predicted molar refractivity (Wildman–Crippen MR) is 264 cm³/mol. The molecule has 23 heteroatoms. The molecule has 358 valence electrons. The van der Waals surface area contributed by atoms with Crippen LogP contribution in [0.15, 0.2) is 139 Å². The molecule has 4 aromatic carbocycles. The first-order chi connectivity index (χ1) is 31.5. The molecule has 0 bridgehead atoms. The first kappa shape index (κ1) is 56.8. The number of nitrogens with zero attached hydrogens (tertiary/aromatic N) is 1. The summed E-state index contributed by atoms with van der Waals surface area (Å²) < 4.78 is 84.1. The van der Waals surface area contributed by atoms with Crippen LogP contribution in [0.2, 0.25) is 0 Å². The fourth-order valence-electron chi connectivity index (χ4n) is 5.32. The number of aldehydes is 2. The van der Waals surface area contributed by atoms with Crippen molar-refractivity contribution in [2.24, 2.45) is 0 Å². The molecule has 0 spiro atoms. The van der Waals surface area contributed by atoms with E-state index in [0.717, 1.165) is 79.8 Å². The number of halogens is 2. The van der Waals surface area contributed by atoms with Crippen molar-refractivity contribution in [3.8, 4) is 10.4 Å². The van der Waals surface area contributed by atoms with E-state index in [-0.39, 0.29) is 20.9 Å². The summed E-state index contributed by atoms with van der Waals surface area (Å²) in [6.07, 6.45) is 5.56. The summed E-state index contributed by atoms with van der Waals surface area (Å²) in [5.41, 5.74) is 5.07. The first-order valence-electron chi connectivity index (χ1n) is 18.9. The van der Waals surface area contributed by atoms with Gasteiger partial charge in [0.15, 0.2) is 26.0 Å². The maximum atomic E-state index is 11.8. The molecule has 1 amide bonds. The highest BCUT2D eigenvalue weighted by Crippen LogP contribution is 2.31. The van der Waals surface area contributed by atoms with Crippen molar-refractivity contribution in [2.75, 3.05) is 26.7 Å². The van der Waals surface area contributed by atoms with Gasteiger partial charge in [0.2, 0.25) is 0 Å². The third kappa shape index (κ3) is 17.2. The van der Waals surface area contributed by atoms with Crippen molar-refractivity contribution in [2.45, 2.75) is 47.3 Å². The Labute approximate surface area is 412 Å². The lowest BCUT2D eigenvalue weighted by atomic mass is 10.1. The van der Waals surface area contributed by atoms with Crippen molar-refractivity contribution in [1.82, 2.24) is 9.10 Å². The van der Waals surface area contributed by atoms with Crippen LogP contribution >= 0.6 is 58.8 Å². The average Bonchev–Trinajstić information content (AvgIpc) is 3.81. The number of amides is 1. The number of hydrogen-bond acceptors (Lipinski definition) is 17. The molecule has 1 aliphatic heterocycles. The zero-order chi connectivity index (χ0) is 50.1. The van der Waals surface area contributed by atoms with Crippen LogP contribution in [-0.2, 0) is 62.5 Å². The average molecular weight is 1070 g/mol. The van der Waals surface area contributed by atoms with Gasteiger partial charge in [0.25, 0.3) is 15.9 Å². The third-order valence-electron chi connectivity index (χ3n) is 8.70. The number of aryl methyl sites for hydroxylation is 1. The standard InChI is InChI=1S/2C11H11ClO3S.C11H11NO5S2.C11H11NO2S2/c1-8(12)11(7-13)9-3-5-10(6-4-9)16-15-14-2;1-8(7-13)11(12)9-3-5-10(6-4-9)16-15-14-2;1-7-10(19(16,17)12-11(7)13)8-3-5-9(6-4-8)18(2,14)15;1-8-7-12-15-11(8)9-3-5-10(6-4-9)16(2,13)14/h2*3-7H,1-2H3;3-6H,1-2H3,(H,12,13);3-7H,1-2H3/b11-8+;11-8-;;. The van der Waals surface area contributed by atoms with Crippen LogP contribution in [0.4, 0.5) is 0 Å². The summed E-state index contributed by atoms with van der Waals surface area (Å²) in [5.74, 6) is -0.665. The molecule has 5 aromatic rings. The summed E-state index contributed by atoms with van der Waals surface area (Å²) in [6.45, 7) is 6.75. The van der Waals surface area contributed by atoms with Crippen molar-refractivity contribution in [3.05, 3.63) is 142 Å². The molecular weight excluding hydrogens is 1030 g/mol. The van der Waals surface area contributed by atoms with Crippen molar-refractivity contribution in [3.63, 3.8) is 0 Å². The molecule has 0 aliphatic carbocycles. The van der Waals surface area contributed by atoms with Crippen LogP contribution in [0, 0.1) is 6.92 Å². The van der Waals surface area contributed by atoms with Crippen LogP contribution in [0.3, 0.4) is 0 Å². The summed E-state index contributed by atoms with van der Waals surface area (Å²) in [6, 6.07) is 26.8. The highest BCUT2D eigenvalue weighted by Gasteiger charge is 2.34. The molecule has 6 rings (SSSR count). The Balaban J connectivity index is 0.000000238. The normalized spacial score (nSPS) is 13.9. The number of carbonyl (C=O) groups excluding carboxylic acids is 3. The van der Waals surface area contributed by atoms with Crippen molar-refractivity contribution in [1.29, 1.82) is 0 Å². The summed E-state index contributed by atoms with van der Waals surface area (Å²) >= 11 is 15.4. The van der Waals surface area contributed by atoms with Gasteiger partial charge in [-0.05, 0) is 116 Å². The SMILES string of the molecule is CC1=C(c2ccc(S(C)(=O)=O)cc2)S(=O)(=O)NC1=O.COOSc1ccc(/C(C=O)=C(\C)Cl)cc1.COOSc1ccc(/C(Cl)=C(\C)C=O)cc1.Cc1cnsc1-c1ccc(S(C)(=O)=O)cc1. The second kappa shape index (κ2) is 26.3. The summed E-state index contributed by atoms with van der Waals surface area (Å²) in [5, 5.41) is 0.933. The van der Waals surface area contributed by atoms with Gasteiger partial charge in [-0.25, -0.2) is 44.1 Å². The lowest BCUT2D eigenvalue weighted by Gasteiger charge is -2.04. The van der Waals surface area contributed by atoms with Gasteiger partial charge in [-0.2, -0.15) is 8.67 Å². The maximum Gasteiger partial charge on any atom is 0.265 e. The Morgan fingerprint density at radius 3 is 1.49 bits per heavy atom. The number of rotatable bonds is 14. The summed E-state index contributed by atoms with van der Waals surface area (Å²) in [7, 11) is -7.44. The Bertz CT molecular complexity index is 2950. The number of aromatic nitrogens is 1. The van der Waals surface area contributed by atoms with Crippen LogP contribution in [0.5, 0.6) is 0 Å². The maximum absolute atomic E-state index is 11.8. The molecule has 15 nitrogen and oxygen atoms in total. The topological polar surface area (TPSA) is 215 Å². The number of sulfone groups is 2. The zero-order valence-electron chi connectivity index (χ0n) is 36.9. The van der Waals surface area contributed by atoms with E-state index in [4.69, 9.17) is 31.9 Å². The van der Waals surface area contributed by atoms with Gasteiger partial charge < -0.3 is 0 Å². The van der Waals surface area contributed by atoms with Crippen LogP contribution in [0.1, 0.15) is 43.0 Å². The van der Waals surface area contributed by atoms with E-state index < -0.39 is 35.6 Å². The Morgan fingerprint density at radius 1 is 0.701 bits per heavy atom. The minimum Gasteiger partial charge on any atom is -0.298 e. The van der Waals surface area contributed by atoms with Gasteiger partial charge in [0.1, 0.15) is 11.2 Å². The quantitative estimate of drug-likeness (QED) is 0.0360. The molecule has 0 unspecified atom stereocenters. The van der Waals surface area contributed by atoms with E-state index in [1.165, 1.54) is 63.2 Å². The van der Waals surface area contributed by atoms with E-state index in [9.17, 15) is 39.6 Å². The Hall–Kier alpha value is -4.49.